The summed E-state index contributed by atoms with van der Waals surface area (Å²) in [6.45, 7) is 0. The van der Waals surface area contributed by atoms with Crippen LogP contribution in [0.2, 0.25) is 0 Å². The monoisotopic (exact) mass is 379 g/mol. The van der Waals surface area contributed by atoms with Gasteiger partial charge in [0, 0.05) is 18.0 Å². The summed E-state index contributed by atoms with van der Waals surface area (Å²) in [4.78, 5) is 22.1. The average molecular weight is 379 g/mol. The van der Waals surface area contributed by atoms with Gasteiger partial charge >= 0.3 is 0 Å². The van der Waals surface area contributed by atoms with E-state index in [1.165, 1.54) is 0 Å². The van der Waals surface area contributed by atoms with Crippen LogP contribution in [0.4, 0.5) is 0 Å². The molecule has 140 valence electrons. The van der Waals surface area contributed by atoms with E-state index in [0.717, 1.165) is 16.9 Å². The first kappa shape index (κ1) is 17.1. The van der Waals surface area contributed by atoms with E-state index >= 15 is 0 Å². The van der Waals surface area contributed by atoms with Gasteiger partial charge in [0.2, 0.25) is 5.78 Å². The van der Waals surface area contributed by atoms with Gasteiger partial charge in [-0.25, -0.2) is 14.6 Å². The minimum absolute atomic E-state index is 0.0435. The second-order valence-electron chi connectivity index (χ2n) is 6.68. The standard InChI is InChI=1S/C23H17N5O/c29-22(21-11-13-24-28(21)19-9-5-2-6-10-19)15-18-12-14-27-16-20(26-23(27)25-18)17-7-3-1-4-8-17/h1-14,16H,15H2. The predicted octanol–water partition coefficient (Wildman–Crippen LogP) is 4.01. The van der Waals surface area contributed by atoms with Crippen molar-refractivity contribution in [2.45, 2.75) is 6.42 Å². The molecule has 0 saturated heterocycles. The highest BCUT2D eigenvalue weighted by Gasteiger charge is 2.15. The molecule has 0 aliphatic heterocycles. The maximum absolute atomic E-state index is 12.9. The van der Waals surface area contributed by atoms with Gasteiger partial charge in [0.15, 0.2) is 5.78 Å². The van der Waals surface area contributed by atoms with Gasteiger partial charge in [-0.3, -0.25) is 9.20 Å². The maximum Gasteiger partial charge on any atom is 0.234 e. The summed E-state index contributed by atoms with van der Waals surface area (Å²) in [6.07, 6.45) is 5.65. The zero-order valence-electron chi connectivity index (χ0n) is 15.5. The lowest BCUT2D eigenvalue weighted by Gasteiger charge is -2.06. The van der Waals surface area contributed by atoms with Crippen LogP contribution in [-0.2, 0) is 6.42 Å². The summed E-state index contributed by atoms with van der Waals surface area (Å²) < 4.78 is 3.52. The summed E-state index contributed by atoms with van der Waals surface area (Å²) in [5.41, 5.74) is 3.94. The van der Waals surface area contributed by atoms with E-state index in [4.69, 9.17) is 0 Å². The first-order valence-corrected chi connectivity index (χ1v) is 9.31. The minimum atomic E-state index is -0.0435. The summed E-state index contributed by atoms with van der Waals surface area (Å²) in [5, 5.41) is 4.29. The van der Waals surface area contributed by atoms with Crippen molar-refractivity contribution in [3.05, 3.63) is 103 Å². The van der Waals surface area contributed by atoms with Crippen molar-refractivity contribution in [2.24, 2.45) is 0 Å². The van der Waals surface area contributed by atoms with Gasteiger partial charge in [0.1, 0.15) is 5.69 Å². The molecule has 3 aromatic heterocycles. The molecule has 6 nitrogen and oxygen atoms in total. The van der Waals surface area contributed by atoms with Crippen LogP contribution in [0.3, 0.4) is 0 Å². The molecule has 5 rings (SSSR count). The Labute approximate surface area is 167 Å². The van der Waals surface area contributed by atoms with Gasteiger partial charge in [-0.1, -0.05) is 48.5 Å². The van der Waals surface area contributed by atoms with Gasteiger partial charge in [-0.05, 0) is 24.3 Å². The smallest absolute Gasteiger partial charge is 0.234 e. The number of fused-ring (bicyclic) bond motifs is 1. The fourth-order valence-corrected chi connectivity index (χ4v) is 3.30. The van der Waals surface area contributed by atoms with Crippen LogP contribution in [0.15, 0.2) is 91.4 Å². The Morgan fingerprint density at radius 3 is 2.41 bits per heavy atom. The summed E-state index contributed by atoms with van der Waals surface area (Å²) in [6, 6.07) is 23.2. The molecule has 3 heterocycles. The highest BCUT2D eigenvalue weighted by molar-refractivity contribution is 5.96. The van der Waals surface area contributed by atoms with Gasteiger partial charge in [-0.2, -0.15) is 5.10 Å². The molecule has 2 aromatic carbocycles. The van der Waals surface area contributed by atoms with Gasteiger partial charge in [0.25, 0.3) is 0 Å². The van der Waals surface area contributed by atoms with Crippen LogP contribution < -0.4 is 0 Å². The van der Waals surface area contributed by atoms with E-state index in [9.17, 15) is 4.79 Å². The van der Waals surface area contributed by atoms with Crippen LogP contribution >= 0.6 is 0 Å². The van der Waals surface area contributed by atoms with Crippen molar-refractivity contribution in [2.75, 3.05) is 0 Å². The fraction of sp³-hybridized carbons (Fsp3) is 0.0435. The molecular formula is C23H17N5O. The largest absolute Gasteiger partial charge is 0.292 e. The van der Waals surface area contributed by atoms with Crippen LogP contribution in [0.25, 0.3) is 22.7 Å². The molecule has 6 heteroatoms. The number of para-hydroxylation sites is 1. The summed E-state index contributed by atoms with van der Waals surface area (Å²) >= 11 is 0. The zero-order valence-corrected chi connectivity index (χ0v) is 15.5. The Morgan fingerprint density at radius 2 is 1.62 bits per heavy atom. The number of rotatable bonds is 5. The van der Waals surface area contributed by atoms with Crippen LogP contribution in [0.1, 0.15) is 16.2 Å². The lowest BCUT2D eigenvalue weighted by atomic mass is 10.1. The van der Waals surface area contributed by atoms with Gasteiger partial charge in [-0.15, -0.1) is 0 Å². The Bertz CT molecular complexity index is 1290. The van der Waals surface area contributed by atoms with Gasteiger partial charge in [0.05, 0.1) is 29.7 Å². The summed E-state index contributed by atoms with van der Waals surface area (Å²) in [5.74, 6) is 0.531. The molecular weight excluding hydrogens is 362 g/mol. The summed E-state index contributed by atoms with van der Waals surface area (Å²) in [7, 11) is 0. The second-order valence-corrected chi connectivity index (χ2v) is 6.68. The zero-order chi connectivity index (χ0) is 19.6. The SMILES string of the molecule is O=C(Cc1ccn2cc(-c3ccccc3)nc2n1)c1ccnn1-c1ccccc1. The van der Waals surface area contributed by atoms with Crippen LogP contribution in [0.5, 0.6) is 0 Å². The lowest BCUT2D eigenvalue weighted by molar-refractivity contribution is 0.0984. The number of hydrogen-bond donors (Lipinski definition) is 0. The first-order chi connectivity index (χ1) is 14.3. The number of nitrogens with zero attached hydrogens (tertiary/aromatic N) is 5. The Morgan fingerprint density at radius 1 is 0.862 bits per heavy atom. The molecule has 0 fully saturated rings. The number of carbonyl (C=O) groups excluding carboxylic acids is 1. The van der Waals surface area contributed by atoms with Gasteiger partial charge < -0.3 is 0 Å². The normalized spacial score (nSPS) is 11.0. The number of imidazole rings is 1. The Hall–Kier alpha value is -4.06. The highest BCUT2D eigenvalue weighted by atomic mass is 16.1. The molecule has 29 heavy (non-hydrogen) atoms. The number of Topliss-reactive ketones (excluding diaryl/α,β-unsaturated/α-hetero) is 1. The minimum Gasteiger partial charge on any atom is -0.292 e. The maximum atomic E-state index is 12.9. The molecule has 0 spiro atoms. The molecule has 0 N–H and O–H groups in total. The Balaban J connectivity index is 1.42. The van der Waals surface area contributed by atoms with Crippen molar-refractivity contribution in [3.8, 4) is 16.9 Å². The van der Waals surface area contributed by atoms with E-state index in [-0.39, 0.29) is 12.2 Å². The van der Waals surface area contributed by atoms with E-state index in [2.05, 4.69) is 15.1 Å². The molecule has 0 saturated carbocycles. The second kappa shape index (κ2) is 7.16. The topological polar surface area (TPSA) is 65.1 Å². The molecule has 0 atom stereocenters. The number of ketones is 1. The molecule has 0 bridgehead atoms. The van der Waals surface area contributed by atoms with Crippen molar-refractivity contribution >= 4 is 11.6 Å². The van der Waals surface area contributed by atoms with E-state index in [1.807, 2.05) is 83.5 Å². The molecule has 0 unspecified atom stereocenters. The van der Waals surface area contributed by atoms with Crippen molar-refractivity contribution in [1.82, 2.24) is 24.1 Å². The third-order valence-electron chi connectivity index (χ3n) is 4.72. The van der Waals surface area contributed by atoms with Crippen molar-refractivity contribution < 1.29 is 4.79 Å². The number of aromatic nitrogens is 5. The third kappa shape index (κ3) is 3.32. The third-order valence-corrected chi connectivity index (χ3v) is 4.72. The Kier molecular flexibility index (Phi) is 4.22. The molecule has 5 aromatic rings. The van der Waals surface area contributed by atoms with Crippen molar-refractivity contribution in [1.29, 1.82) is 0 Å². The predicted molar refractivity (Wildman–Crippen MR) is 110 cm³/mol. The molecule has 0 aliphatic rings. The average Bonchev–Trinajstić information content (AvgIpc) is 3.42. The van der Waals surface area contributed by atoms with E-state index in [0.29, 0.717) is 17.2 Å². The number of benzene rings is 2. The van der Waals surface area contributed by atoms with Crippen LogP contribution in [-0.4, -0.2) is 29.9 Å². The van der Waals surface area contributed by atoms with Crippen molar-refractivity contribution in [3.63, 3.8) is 0 Å². The molecule has 0 amide bonds. The van der Waals surface area contributed by atoms with Crippen LogP contribution in [0, 0.1) is 0 Å². The number of carbonyl (C=O) groups is 1. The molecule has 0 aliphatic carbocycles. The lowest BCUT2D eigenvalue weighted by Crippen LogP contribution is -2.12. The van der Waals surface area contributed by atoms with E-state index in [1.54, 1.807) is 16.9 Å². The quantitative estimate of drug-likeness (QED) is 0.433. The highest BCUT2D eigenvalue weighted by Crippen LogP contribution is 2.18. The molecule has 0 radical (unpaired) electrons. The fourth-order valence-electron chi connectivity index (χ4n) is 3.30. The number of hydrogen-bond acceptors (Lipinski definition) is 4. The van der Waals surface area contributed by atoms with E-state index < -0.39 is 0 Å². The first-order valence-electron chi connectivity index (χ1n) is 9.31.